The molecule has 0 amide bonds. The molecule has 1 aliphatic carbocycles. The quantitative estimate of drug-likeness (QED) is 0.150. The monoisotopic (exact) mass is 927 g/mol. The number of hydrogen-bond acceptors (Lipinski definition) is 2. The van der Waals surface area contributed by atoms with Gasteiger partial charge in [-0.25, -0.2) is 0 Å². The van der Waals surface area contributed by atoms with Crippen LogP contribution in [-0.2, 0) is 27.1 Å². The Morgan fingerprint density at radius 3 is 1.01 bits per heavy atom. The molecule has 0 fully saturated rings. The van der Waals surface area contributed by atoms with E-state index in [4.69, 9.17) is 0 Å². The lowest BCUT2D eigenvalue weighted by molar-refractivity contribution is 0.590. The minimum atomic E-state index is -0.683. The minimum absolute atomic E-state index is 0.0227. The van der Waals surface area contributed by atoms with Crippen LogP contribution in [0.5, 0.6) is 0 Å². The molecule has 0 spiro atoms. The van der Waals surface area contributed by atoms with Crippen LogP contribution in [0.15, 0.2) is 206 Å². The fourth-order valence-electron chi connectivity index (χ4n) is 11.0. The summed E-state index contributed by atoms with van der Waals surface area (Å²) in [7, 11) is 0. The van der Waals surface area contributed by atoms with Gasteiger partial charge in [0.1, 0.15) is 0 Å². The number of hydrogen-bond donors (Lipinski definition) is 0. The fraction of sp³-hybridized carbons (Fsp3) is 0.246. The summed E-state index contributed by atoms with van der Waals surface area (Å²) in [6, 6.07) is 78.4. The van der Waals surface area contributed by atoms with E-state index in [0.717, 1.165) is 34.1 Å². The molecule has 2 heteroatoms. The Hall–Kier alpha value is -7.16. The van der Waals surface area contributed by atoms with Crippen LogP contribution >= 0.6 is 0 Å². The van der Waals surface area contributed by atoms with E-state index in [1.54, 1.807) is 0 Å². The molecule has 0 heterocycles. The molecule has 0 N–H and O–H groups in total. The van der Waals surface area contributed by atoms with Crippen LogP contribution in [0.2, 0.25) is 0 Å². The third-order valence-corrected chi connectivity index (χ3v) is 15.0. The van der Waals surface area contributed by atoms with Crippen molar-refractivity contribution < 1.29 is 0 Å². The first-order chi connectivity index (χ1) is 33.7. The second-order valence-corrected chi connectivity index (χ2v) is 23.9. The third kappa shape index (κ3) is 8.56. The SMILES string of the molecule is CC(C)(C)c1ccc(N(c2ccc(C(C)(C)C)cc2)c2ccc3c(c2)C(c2ccccc2)(c2ccccc2)c2cc(N(c4ccc(C(C)(C)C)cc4)c4ccc(C(C)(C)C)cc4)c4ccccc4c2-3)cc1. The van der Waals surface area contributed by atoms with Gasteiger partial charge < -0.3 is 9.80 Å². The number of benzene rings is 9. The molecule has 0 bridgehead atoms. The Morgan fingerprint density at radius 1 is 0.296 bits per heavy atom. The Morgan fingerprint density at radius 2 is 0.634 bits per heavy atom. The maximum Gasteiger partial charge on any atom is 0.0715 e. The van der Waals surface area contributed by atoms with Gasteiger partial charge in [-0.05, 0) is 149 Å². The van der Waals surface area contributed by atoms with Gasteiger partial charge in [-0.2, -0.15) is 0 Å². The number of rotatable bonds is 8. The van der Waals surface area contributed by atoms with E-state index < -0.39 is 5.41 Å². The van der Waals surface area contributed by atoms with Gasteiger partial charge in [-0.1, -0.05) is 223 Å². The van der Waals surface area contributed by atoms with Crippen molar-refractivity contribution in [2.24, 2.45) is 0 Å². The van der Waals surface area contributed by atoms with Gasteiger partial charge in [0.05, 0.1) is 11.1 Å². The molecular weight excluding hydrogens is 857 g/mol. The topological polar surface area (TPSA) is 6.48 Å². The molecule has 10 rings (SSSR count). The average Bonchev–Trinajstić information content (AvgIpc) is 3.64. The first-order valence-corrected chi connectivity index (χ1v) is 25.6. The largest absolute Gasteiger partial charge is 0.310 e. The van der Waals surface area contributed by atoms with Crippen LogP contribution in [0.3, 0.4) is 0 Å². The Labute approximate surface area is 424 Å². The van der Waals surface area contributed by atoms with Crippen molar-refractivity contribution in [1.82, 2.24) is 0 Å². The zero-order valence-corrected chi connectivity index (χ0v) is 44.0. The maximum absolute atomic E-state index is 2.54. The van der Waals surface area contributed by atoms with Crippen molar-refractivity contribution in [2.75, 3.05) is 9.80 Å². The second-order valence-electron chi connectivity index (χ2n) is 23.9. The number of fused-ring (bicyclic) bond motifs is 5. The van der Waals surface area contributed by atoms with E-state index in [0.29, 0.717) is 0 Å². The van der Waals surface area contributed by atoms with Gasteiger partial charge in [-0.3, -0.25) is 0 Å². The highest BCUT2D eigenvalue weighted by Crippen LogP contribution is 2.61. The molecule has 0 atom stereocenters. The van der Waals surface area contributed by atoms with Gasteiger partial charge in [0.15, 0.2) is 0 Å². The first kappa shape index (κ1) is 47.5. The zero-order valence-electron chi connectivity index (χ0n) is 44.0. The van der Waals surface area contributed by atoms with E-state index >= 15 is 0 Å². The van der Waals surface area contributed by atoms with Crippen LogP contribution in [0, 0.1) is 0 Å². The summed E-state index contributed by atoms with van der Waals surface area (Å²) in [5.74, 6) is 0. The Kier molecular flexibility index (Phi) is 11.8. The number of nitrogens with zero attached hydrogens (tertiary/aromatic N) is 2. The van der Waals surface area contributed by atoms with E-state index in [1.165, 1.54) is 66.4 Å². The standard InChI is InChI=1S/C69H70N2/c1-65(2,3)47-27-35-53(36-28-47)70(54-37-29-48(30-38-54)66(4,5)6)57-43-44-60-61(45-57)69(51-21-15-13-16-22-51,52-23-17-14-18-24-52)62-46-63(58-25-19-20-26-59(58)64(60)62)71(55-39-31-49(32-40-55)67(7,8)9)56-41-33-50(34-42-56)68(10,11)12/h13-46H,1-12H3. The summed E-state index contributed by atoms with van der Waals surface area (Å²) >= 11 is 0. The second kappa shape index (κ2) is 17.6. The highest BCUT2D eigenvalue weighted by molar-refractivity contribution is 6.11. The predicted octanol–water partition coefficient (Wildman–Crippen LogP) is 19.3. The minimum Gasteiger partial charge on any atom is -0.310 e. The molecule has 0 unspecified atom stereocenters. The van der Waals surface area contributed by atoms with Gasteiger partial charge in [0.2, 0.25) is 0 Å². The highest BCUT2D eigenvalue weighted by Gasteiger charge is 2.48. The molecule has 9 aromatic carbocycles. The lowest BCUT2D eigenvalue weighted by atomic mass is 9.67. The lowest BCUT2D eigenvalue weighted by Gasteiger charge is -2.36. The van der Waals surface area contributed by atoms with Crippen LogP contribution < -0.4 is 9.80 Å². The molecule has 0 saturated heterocycles. The molecule has 356 valence electrons. The van der Waals surface area contributed by atoms with Crippen LogP contribution in [0.25, 0.3) is 21.9 Å². The van der Waals surface area contributed by atoms with Crippen molar-refractivity contribution in [3.63, 3.8) is 0 Å². The molecule has 0 aliphatic heterocycles. The highest BCUT2D eigenvalue weighted by atomic mass is 15.1. The summed E-state index contributed by atoms with van der Waals surface area (Å²) in [4.78, 5) is 4.96. The summed E-state index contributed by atoms with van der Waals surface area (Å²) in [6.07, 6.45) is 0. The lowest BCUT2D eigenvalue weighted by Crippen LogP contribution is -2.29. The van der Waals surface area contributed by atoms with Crippen molar-refractivity contribution >= 4 is 44.9 Å². The molecule has 0 aromatic heterocycles. The van der Waals surface area contributed by atoms with Gasteiger partial charge in [0, 0.05) is 33.8 Å². The Balaban J connectivity index is 1.28. The van der Waals surface area contributed by atoms with Crippen molar-refractivity contribution in [1.29, 1.82) is 0 Å². The molecule has 1 aliphatic rings. The van der Waals surface area contributed by atoms with Crippen molar-refractivity contribution in [2.45, 2.75) is 110 Å². The van der Waals surface area contributed by atoms with Gasteiger partial charge in [-0.15, -0.1) is 0 Å². The summed E-state index contributed by atoms with van der Waals surface area (Å²) in [6.45, 7) is 27.5. The summed E-state index contributed by atoms with van der Waals surface area (Å²) in [5, 5.41) is 2.44. The van der Waals surface area contributed by atoms with Gasteiger partial charge >= 0.3 is 0 Å². The molecule has 2 nitrogen and oxygen atoms in total. The molecule has 71 heavy (non-hydrogen) atoms. The van der Waals surface area contributed by atoms with Crippen molar-refractivity contribution in [3.8, 4) is 11.1 Å². The maximum atomic E-state index is 2.54. The smallest absolute Gasteiger partial charge is 0.0715 e. The normalized spacial score (nSPS) is 13.5. The van der Waals surface area contributed by atoms with E-state index in [-0.39, 0.29) is 21.7 Å². The first-order valence-electron chi connectivity index (χ1n) is 25.6. The molecule has 0 radical (unpaired) electrons. The summed E-state index contributed by atoms with van der Waals surface area (Å²) in [5.41, 5.74) is 19.0. The summed E-state index contributed by atoms with van der Waals surface area (Å²) < 4.78 is 0. The van der Waals surface area contributed by atoms with Crippen LogP contribution in [0.4, 0.5) is 34.1 Å². The van der Waals surface area contributed by atoms with E-state index in [1.807, 2.05) is 0 Å². The van der Waals surface area contributed by atoms with Crippen LogP contribution in [-0.4, -0.2) is 0 Å². The van der Waals surface area contributed by atoms with Crippen LogP contribution in [0.1, 0.15) is 128 Å². The van der Waals surface area contributed by atoms with E-state index in [9.17, 15) is 0 Å². The molecular formula is C69H70N2. The third-order valence-electron chi connectivity index (χ3n) is 15.0. The Bertz CT molecular complexity index is 3180. The number of anilines is 6. The van der Waals surface area contributed by atoms with Gasteiger partial charge in [0.25, 0.3) is 0 Å². The van der Waals surface area contributed by atoms with E-state index in [2.05, 4.69) is 299 Å². The zero-order chi connectivity index (χ0) is 50.1. The fourth-order valence-corrected chi connectivity index (χ4v) is 11.0. The molecule has 9 aromatic rings. The molecule has 0 saturated carbocycles. The van der Waals surface area contributed by atoms with Crippen molar-refractivity contribution in [3.05, 3.63) is 251 Å². The predicted molar refractivity (Wildman–Crippen MR) is 305 cm³/mol. The average molecular weight is 927 g/mol.